The topological polar surface area (TPSA) is 67.2 Å². The van der Waals surface area contributed by atoms with E-state index in [9.17, 15) is 9.59 Å². The average molecular weight is 417 g/mol. The van der Waals surface area contributed by atoms with Crippen LogP contribution in [0.25, 0.3) is 5.69 Å². The molecular formula is C25H28N4O2. The van der Waals surface area contributed by atoms with Gasteiger partial charge in [-0.25, -0.2) is 4.68 Å². The molecule has 0 unspecified atom stereocenters. The van der Waals surface area contributed by atoms with E-state index in [-0.39, 0.29) is 6.04 Å². The predicted octanol–water partition coefficient (Wildman–Crippen LogP) is 3.63. The van der Waals surface area contributed by atoms with E-state index in [1.54, 1.807) is 11.6 Å². The molecule has 1 aliphatic heterocycles. The summed E-state index contributed by atoms with van der Waals surface area (Å²) in [6.45, 7) is 6.00. The first-order chi connectivity index (χ1) is 15.1. The van der Waals surface area contributed by atoms with Crippen LogP contribution in [0.5, 0.6) is 0 Å². The summed E-state index contributed by atoms with van der Waals surface area (Å²) in [5.74, 6) is -1.12. The highest BCUT2D eigenvalue weighted by Crippen LogP contribution is 2.24. The molecule has 0 spiro atoms. The first-order valence-electron chi connectivity index (χ1n) is 10.8. The van der Waals surface area contributed by atoms with Gasteiger partial charge in [0.05, 0.1) is 28.7 Å². The first-order valence-corrected chi connectivity index (χ1v) is 10.8. The zero-order chi connectivity index (χ0) is 21.8. The van der Waals surface area contributed by atoms with Crippen molar-refractivity contribution < 1.29 is 9.59 Å². The number of likely N-dealkylation sites (tertiary alicyclic amines) is 1. The number of aromatic nitrogens is 2. The van der Waals surface area contributed by atoms with Crippen LogP contribution >= 0.6 is 0 Å². The Balaban J connectivity index is 1.51. The van der Waals surface area contributed by atoms with Crippen molar-refractivity contribution in [2.75, 3.05) is 19.6 Å². The number of rotatable bonds is 7. The second-order valence-corrected chi connectivity index (χ2v) is 8.00. The number of carbonyl (C=O) groups is 2. The number of hydrogen-bond donors (Lipinski definition) is 1. The van der Waals surface area contributed by atoms with Crippen molar-refractivity contribution in [1.29, 1.82) is 0 Å². The summed E-state index contributed by atoms with van der Waals surface area (Å²) in [6, 6.07) is 19.8. The van der Waals surface area contributed by atoms with Gasteiger partial charge in [-0.2, -0.15) is 5.10 Å². The van der Waals surface area contributed by atoms with E-state index < -0.39 is 11.7 Å². The van der Waals surface area contributed by atoms with Crippen LogP contribution in [0.4, 0.5) is 0 Å². The Hall–Kier alpha value is -3.25. The molecule has 4 rings (SSSR count). The molecule has 31 heavy (non-hydrogen) atoms. The standard InChI is InChI=1S/C25H28N4O2/c1-18-23(19(2)29(27-18)21-13-7-4-8-14-21)24(30)25(31)26-17-22(28-15-9-10-16-28)20-11-5-3-6-12-20/h3-8,11-14,22H,9-10,15-17H2,1-2H3,(H,26,31)/t22-/m1/s1. The van der Waals surface area contributed by atoms with Crippen molar-refractivity contribution in [3.8, 4) is 5.69 Å². The molecule has 1 aromatic heterocycles. The number of nitrogens with one attached hydrogen (secondary N) is 1. The summed E-state index contributed by atoms with van der Waals surface area (Å²) in [6.07, 6.45) is 2.32. The Labute approximate surface area is 182 Å². The van der Waals surface area contributed by atoms with Crippen LogP contribution in [0.3, 0.4) is 0 Å². The quantitative estimate of drug-likeness (QED) is 0.472. The predicted molar refractivity (Wildman–Crippen MR) is 120 cm³/mol. The number of para-hydroxylation sites is 1. The van der Waals surface area contributed by atoms with Gasteiger partial charge >= 0.3 is 0 Å². The average Bonchev–Trinajstić information content (AvgIpc) is 3.43. The Kier molecular flexibility index (Phi) is 6.28. The Morgan fingerprint density at radius 2 is 1.58 bits per heavy atom. The van der Waals surface area contributed by atoms with Crippen molar-refractivity contribution in [2.45, 2.75) is 32.7 Å². The largest absolute Gasteiger partial charge is 0.347 e. The lowest BCUT2D eigenvalue weighted by atomic mass is 10.0. The smallest absolute Gasteiger partial charge is 0.292 e. The number of amides is 1. The molecule has 1 saturated heterocycles. The number of aryl methyl sites for hydroxylation is 1. The van der Waals surface area contributed by atoms with Gasteiger partial charge in [0.1, 0.15) is 0 Å². The fraction of sp³-hybridized carbons (Fsp3) is 0.320. The molecule has 6 nitrogen and oxygen atoms in total. The molecule has 1 N–H and O–H groups in total. The summed E-state index contributed by atoms with van der Waals surface area (Å²) < 4.78 is 1.72. The summed E-state index contributed by atoms with van der Waals surface area (Å²) in [5.41, 5.74) is 3.62. The maximum absolute atomic E-state index is 13.0. The zero-order valence-electron chi connectivity index (χ0n) is 18.0. The molecule has 6 heteroatoms. The molecule has 1 fully saturated rings. The molecule has 3 aromatic rings. The number of carbonyl (C=O) groups excluding carboxylic acids is 2. The molecule has 2 aromatic carbocycles. The summed E-state index contributed by atoms with van der Waals surface area (Å²) in [5, 5.41) is 7.39. The minimum absolute atomic E-state index is 0.0645. The van der Waals surface area contributed by atoms with Gasteiger partial charge < -0.3 is 5.32 Å². The molecule has 0 radical (unpaired) electrons. The number of ketones is 1. The van der Waals surface area contributed by atoms with E-state index in [0.717, 1.165) is 37.2 Å². The van der Waals surface area contributed by atoms with Gasteiger partial charge in [0.2, 0.25) is 0 Å². The van der Waals surface area contributed by atoms with Gasteiger partial charge in [-0.1, -0.05) is 48.5 Å². The summed E-state index contributed by atoms with van der Waals surface area (Å²) >= 11 is 0. The van der Waals surface area contributed by atoms with E-state index in [2.05, 4.69) is 27.4 Å². The fourth-order valence-electron chi connectivity index (χ4n) is 4.36. The van der Waals surface area contributed by atoms with E-state index in [0.29, 0.717) is 23.5 Å². The molecule has 2 heterocycles. The molecule has 0 saturated carbocycles. The normalized spacial score (nSPS) is 15.0. The molecule has 1 amide bonds. The maximum Gasteiger partial charge on any atom is 0.292 e. The fourth-order valence-corrected chi connectivity index (χ4v) is 4.36. The second kappa shape index (κ2) is 9.27. The number of hydrogen-bond acceptors (Lipinski definition) is 4. The van der Waals surface area contributed by atoms with E-state index in [4.69, 9.17) is 0 Å². The third kappa shape index (κ3) is 4.44. The highest BCUT2D eigenvalue weighted by Gasteiger charge is 2.28. The Morgan fingerprint density at radius 3 is 2.23 bits per heavy atom. The van der Waals surface area contributed by atoms with Gasteiger partial charge in [-0.15, -0.1) is 0 Å². The highest BCUT2D eigenvalue weighted by molar-refractivity contribution is 6.43. The van der Waals surface area contributed by atoms with E-state index >= 15 is 0 Å². The SMILES string of the molecule is Cc1nn(-c2ccccc2)c(C)c1C(=O)C(=O)NC[C@H](c1ccccc1)N1CCCC1. The molecule has 1 aliphatic rings. The van der Waals surface area contributed by atoms with Crippen molar-refractivity contribution in [3.63, 3.8) is 0 Å². The van der Waals surface area contributed by atoms with Crippen LogP contribution in [-0.4, -0.2) is 46.0 Å². The van der Waals surface area contributed by atoms with Gasteiger partial charge in [-0.05, 0) is 57.5 Å². The zero-order valence-corrected chi connectivity index (χ0v) is 18.0. The van der Waals surface area contributed by atoms with Gasteiger partial charge in [0.25, 0.3) is 11.7 Å². The van der Waals surface area contributed by atoms with Crippen LogP contribution < -0.4 is 5.32 Å². The van der Waals surface area contributed by atoms with Crippen molar-refractivity contribution in [3.05, 3.63) is 83.2 Å². The molecule has 0 bridgehead atoms. The van der Waals surface area contributed by atoms with Crippen LogP contribution in [-0.2, 0) is 4.79 Å². The van der Waals surface area contributed by atoms with Crippen LogP contribution in [0.2, 0.25) is 0 Å². The lowest BCUT2D eigenvalue weighted by Crippen LogP contribution is -2.39. The first kappa shape index (κ1) is 21.0. The van der Waals surface area contributed by atoms with Crippen LogP contribution in [0.15, 0.2) is 60.7 Å². The van der Waals surface area contributed by atoms with Gasteiger partial charge in [0.15, 0.2) is 0 Å². The minimum Gasteiger partial charge on any atom is -0.347 e. The van der Waals surface area contributed by atoms with E-state index in [1.807, 2.05) is 55.5 Å². The number of benzene rings is 2. The minimum atomic E-state index is -0.584. The maximum atomic E-state index is 13.0. The van der Waals surface area contributed by atoms with Crippen molar-refractivity contribution in [1.82, 2.24) is 20.0 Å². The van der Waals surface area contributed by atoms with Gasteiger partial charge in [0, 0.05) is 6.54 Å². The Morgan fingerprint density at radius 1 is 0.968 bits per heavy atom. The Bertz CT molecular complexity index is 1050. The highest BCUT2D eigenvalue weighted by atomic mass is 16.2. The number of nitrogens with zero attached hydrogens (tertiary/aromatic N) is 3. The van der Waals surface area contributed by atoms with Gasteiger partial charge in [-0.3, -0.25) is 14.5 Å². The summed E-state index contributed by atoms with van der Waals surface area (Å²) in [4.78, 5) is 28.2. The molecular weight excluding hydrogens is 388 g/mol. The van der Waals surface area contributed by atoms with Crippen LogP contribution in [0.1, 0.15) is 46.2 Å². The number of Topliss-reactive ketones (excluding diaryl/α,β-unsaturated/α-hetero) is 1. The lowest BCUT2D eigenvalue weighted by molar-refractivity contribution is -0.117. The molecule has 1 atom stereocenters. The van der Waals surface area contributed by atoms with Crippen molar-refractivity contribution >= 4 is 11.7 Å². The molecule has 0 aliphatic carbocycles. The third-order valence-corrected chi connectivity index (χ3v) is 5.95. The monoisotopic (exact) mass is 416 g/mol. The van der Waals surface area contributed by atoms with Crippen LogP contribution in [0, 0.1) is 13.8 Å². The molecule has 160 valence electrons. The second-order valence-electron chi connectivity index (χ2n) is 8.00. The lowest BCUT2D eigenvalue weighted by Gasteiger charge is -2.28. The third-order valence-electron chi connectivity index (χ3n) is 5.95. The van der Waals surface area contributed by atoms with E-state index in [1.165, 1.54) is 0 Å². The van der Waals surface area contributed by atoms with Crippen molar-refractivity contribution in [2.24, 2.45) is 0 Å². The summed E-state index contributed by atoms with van der Waals surface area (Å²) in [7, 11) is 0.